The Morgan fingerprint density at radius 1 is 1.13 bits per heavy atom. The van der Waals surface area contributed by atoms with Crippen LogP contribution in [-0.2, 0) is 16.0 Å². The van der Waals surface area contributed by atoms with Gasteiger partial charge in [0.15, 0.2) is 0 Å². The molecule has 2 heterocycles. The fraction of sp³-hybridized carbons (Fsp3) is 0.500. The maximum Gasteiger partial charge on any atom is 0.242 e. The lowest BCUT2D eigenvalue weighted by Gasteiger charge is -2.38. The molecule has 0 radical (unpaired) electrons. The third-order valence-corrected chi connectivity index (χ3v) is 6.57. The second-order valence-electron chi connectivity index (χ2n) is 8.86. The molecule has 3 rings (SSSR count). The van der Waals surface area contributed by atoms with Crippen LogP contribution in [0.1, 0.15) is 56.2 Å². The lowest BCUT2D eigenvalue weighted by atomic mass is 9.93. The first-order valence-corrected chi connectivity index (χ1v) is 11.9. The van der Waals surface area contributed by atoms with Crippen LogP contribution in [0.15, 0.2) is 35.7 Å². The second kappa shape index (κ2) is 9.97. The van der Waals surface area contributed by atoms with Crippen LogP contribution in [0.5, 0.6) is 0 Å². The number of hydrogen-bond acceptors (Lipinski definition) is 3. The standard InChI is InChI=1S/C24H31ClN2O2S/c1-16(2)13-22(28)26(14-17(3)4)15-23(29)27-11-9-21-20(10-12-30-21)24(27)18-5-7-19(25)8-6-18/h5-8,10,12,16-17,24H,9,11,13-15H2,1-4H3. The maximum absolute atomic E-state index is 13.5. The van der Waals surface area contributed by atoms with E-state index < -0.39 is 0 Å². The molecule has 6 heteroatoms. The molecule has 162 valence electrons. The predicted molar refractivity (Wildman–Crippen MR) is 124 cm³/mol. The fourth-order valence-corrected chi connectivity index (χ4v) is 5.05. The van der Waals surface area contributed by atoms with E-state index >= 15 is 0 Å². The minimum absolute atomic E-state index is 0.00422. The Bertz CT molecular complexity index is 876. The van der Waals surface area contributed by atoms with E-state index in [1.54, 1.807) is 16.2 Å². The number of hydrogen-bond donors (Lipinski definition) is 0. The van der Waals surface area contributed by atoms with Gasteiger partial charge >= 0.3 is 0 Å². The van der Waals surface area contributed by atoms with Gasteiger partial charge < -0.3 is 9.80 Å². The van der Waals surface area contributed by atoms with Crippen LogP contribution in [0.3, 0.4) is 0 Å². The van der Waals surface area contributed by atoms with Crippen molar-refractivity contribution in [2.24, 2.45) is 11.8 Å². The van der Waals surface area contributed by atoms with Crippen molar-refractivity contribution in [3.8, 4) is 0 Å². The van der Waals surface area contributed by atoms with Crippen LogP contribution in [0.25, 0.3) is 0 Å². The molecule has 1 atom stereocenters. The SMILES string of the molecule is CC(C)CC(=O)N(CC(=O)N1CCc2sccc2C1c1ccc(Cl)cc1)CC(C)C. The zero-order valence-corrected chi connectivity index (χ0v) is 19.8. The molecule has 0 saturated heterocycles. The monoisotopic (exact) mass is 446 g/mol. The Morgan fingerprint density at radius 2 is 1.83 bits per heavy atom. The van der Waals surface area contributed by atoms with Gasteiger partial charge in [-0.3, -0.25) is 9.59 Å². The van der Waals surface area contributed by atoms with E-state index in [1.807, 2.05) is 43.0 Å². The second-order valence-corrected chi connectivity index (χ2v) is 10.3. The quantitative estimate of drug-likeness (QED) is 0.570. The van der Waals surface area contributed by atoms with Gasteiger partial charge in [0.2, 0.25) is 11.8 Å². The Kier molecular flexibility index (Phi) is 7.59. The lowest BCUT2D eigenvalue weighted by Crippen LogP contribution is -2.47. The number of benzene rings is 1. The van der Waals surface area contributed by atoms with E-state index in [0.29, 0.717) is 30.5 Å². The van der Waals surface area contributed by atoms with Crippen molar-refractivity contribution < 1.29 is 9.59 Å². The maximum atomic E-state index is 13.5. The number of fused-ring (bicyclic) bond motifs is 1. The third kappa shape index (κ3) is 5.44. The zero-order chi connectivity index (χ0) is 21.8. The van der Waals surface area contributed by atoms with Gasteiger partial charge in [-0.15, -0.1) is 11.3 Å². The molecule has 4 nitrogen and oxygen atoms in total. The van der Waals surface area contributed by atoms with E-state index in [2.05, 4.69) is 25.3 Å². The van der Waals surface area contributed by atoms with Crippen molar-refractivity contribution in [2.75, 3.05) is 19.6 Å². The van der Waals surface area contributed by atoms with Crippen LogP contribution in [0.2, 0.25) is 5.02 Å². The summed E-state index contributed by atoms with van der Waals surface area (Å²) >= 11 is 7.85. The van der Waals surface area contributed by atoms with Gasteiger partial charge in [0.1, 0.15) is 0 Å². The molecule has 2 aromatic rings. The summed E-state index contributed by atoms with van der Waals surface area (Å²) in [7, 11) is 0. The number of thiophene rings is 1. The van der Waals surface area contributed by atoms with E-state index in [0.717, 1.165) is 12.0 Å². The van der Waals surface area contributed by atoms with Gasteiger partial charge in [-0.1, -0.05) is 51.4 Å². The minimum Gasteiger partial charge on any atom is -0.333 e. The van der Waals surface area contributed by atoms with Crippen LogP contribution in [0.4, 0.5) is 0 Å². The normalized spacial score (nSPS) is 16.1. The molecule has 30 heavy (non-hydrogen) atoms. The number of amides is 2. The lowest BCUT2D eigenvalue weighted by molar-refractivity contribution is -0.142. The average molecular weight is 447 g/mol. The largest absolute Gasteiger partial charge is 0.333 e. The predicted octanol–water partition coefficient (Wildman–Crippen LogP) is 5.41. The van der Waals surface area contributed by atoms with E-state index in [4.69, 9.17) is 11.6 Å². The number of carbonyl (C=O) groups excluding carboxylic acids is 2. The van der Waals surface area contributed by atoms with Gasteiger partial charge in [0, 0.05) is 29.4 Å². The summed E-state index contributed by atoms with van der Waals surface area (Å²) < 4.78 is 0. The van der Waals surface area contributed by atoms with Crippen molar-refractivity contribution in [1.82, 2.24) is 9.80 Å². The molecule has 1 aromatic heterocycles. The van der Waals surface area contributed by atoms with E-state index in [-0.39, 0.29) is 30.3 Å². The van der Waals surface area contributed by atoms with Crippen LogP contribution >= 0.6 is 22.9 Å². The Hall–Kier alpha value is -1.85. The first-order chi connectivity index (χ1) is 14.3. The summed E-state index contributed by atoms with van der Waals surface area (Å²) in [4.78, 5) is 31.3. The molecule has 0 spiro atoms. The molecule has 0 aliphatic carbocycles. The van der Waals surface area contributed by atoms with Crippen molar-refractivity contribution in [3.63, 3.8) is 0 Å². The molecule has 1 aliphatic rings. The topological polar surface area (TPSA) is 40.6 Å². The fourth-order valence-electron chi connectivity index (χ4n) is 4.02. The molecule has 0 saturated carbocycles. The number of rotatable bonds is 7. The van der Waals surface area contributed by atoms with Crippen molar-refractivity contribution in [3.05, 3.63) is 56.7 Å². The minimum atomic E-state index is -0.133. The Morgan fingerprint density at radius 3 is 2.47 bits per heavy atom. The smallest absolute Gasteiger partial charge is 0.242 e. The zero-order valence-electron chi connectivity index (χ0n) is 18.2. The summed E-state index contributed by atoms with van der Waals surface area (Å²) in [6, 6.07) is 9.72. The highest BCUT2D eigenvalue weighted by Crippen LogP contribution is 2.38. The van der Waals surface area contributed by atoms with E-state index in [1.165, 1.54) is 10.4 Å². The third-order valence-electron chi connectivity index (χ3n) is 5.32. The molecule has 2 amide bonds. The molecular formula is C24H31ClN2O2S. The Labute approximate surface area is 188 Å². The molecule has 0 fully saturated rings. The van der Waals surface area contributed by atoms with Crippen LogP contribution in [-0.4, -0.2) is 41.2 Å². The number of carbonyl (C=O) groups is 2. The van der Waals surface area contributed by atoms with Crippen molar-refractivity contribution in [1.29, 1.82) is 0 Å². The van der Waals surface area contributed by atoms with Gasteiger partial charge in [-0.25, -0.2) is 0 Å². The highest BCUT2D eigenvalue weighted by molar-refractivity contribution is 7.10. The Balaban J connectivity index is 1.86. The summed E-state index contributed by atoms with van der Waals surface area (Å²) in [6.45, 7) is 9.62. The van der Waals surface area contributed by atoms with Crippen molar-refractivity contribution >= 4 is 34.8 Å². The average Bonchev–Trinajstić information content (AvgIpc) is 3.15. The molecule has 0 N–H and O–H groups in total. The summed E-state index contributed by atoms with van der Waals surface area (Å²) in [5.74, 6) is 0.645. The molecule has 1 aromatic carbocycles. The molecule has 0 bridgehead atoms. The molecule has 1 aliphatic heterocycles. The van der Waals surface area contributed by atoms with Gasteiger partial charge in [-0.05, 0) is 53.0 Å². The van der Waals surface area contributed by atoms with Crippen LogP contribution < -0.4 is 0 Å². The van der Waals surface area contributed by atoms with Gasteiger partial charge in [0.05, 0.1) is 12.6 Å². The van der Waals surface area contributed by atoms with Crippen molar-refractivity contribution in [2.45, 2.75) is 46.6 Å². The first-order valence-electron chi connectivity index (χ1n) is 10.6. The summed E-state index contributed by atoms with van der Waals surface area (Å²) in [5.41, 5.74) is 2.24. The van der Waals surface area contributed by atoms with Crippen LogP contribution in [0, 0.1) is 11.8 Å². The summed E-state index contributed by atoms with van der Waals surface area (Å²) in [5, 5.41) is 2.78. The highest BCUT2D eigenvalue weighted by atomic mass is 35.5. The molecular weight excluding hydrogens is 416 g/mol. The summed E-state index contributed by atoms with van der Waals surface area (Å²) in [6.07, 6.45) is 1.32. The number of halogens is 1. The number of nitrogens with zero attached hydrogens (tertiary/aromatic N) is 2. The van der Waals surface area contributed by atoms with E-state index in [9.17, 15) is 9.59 Å². The molecule has 1 unspecified atom stereocenters. The highest BCUT2D eigenvalue weighted by Gasteiger charge is 2.34. The van der Waals surface area contributed by atoms with Gasteiger partial charge in [-0.2, -0.15) is 0 Å². The first kappa shape index (κ1) is 22.8. The van der Waals surface area contributed by atoms with Gasteiger partial charge in [0.25, 0.3) is 0 Å².